The molecule has 0 fully saturated rings. The van der Waals surface area contributed by atoms with Crippen LogP contribution in [0.15, 0.2) is 0 Å². The Labute approximate surface area is 96.5 Å². The van der Waals surface area contributed by atoms with E-state index in [1.807, 2.05) is 69.2 Å². The molecule has 14 heavy (non-hydrogen) atoms. The van der Waals surface area contributed by atoms with Crippen molar-refractivity contribution in [1.82, 2.24) is 0 Å². The normalized spacial score (nSPS) is 4.71. The minimum absolute atomic E-state index is 0.833. The second-order valence-corrected chi connectivity index (χ2v) is 1.73. The van der Waals surface area contributed by atoms with Crippen molar-refractivity contribution in [2.24, 2.45) is 5.92 Å². The lowest BCUT2D eigenvalue weighted by Gasteiger charge is -1.79. The van der Waals surface area contributed by atoms with Gasteiger partial charge in [0.1, 0.15) is 0 Å². The van der Waals surface area contributed by atoms with Crippen molar-refractivity contribution in [2.75, 3.05) is 0 Å². The van der Waals surface area contributed by atoms with E-state index in [0.717, 1.165) is 5.92 Å². The lowest BCUT2D eigenvalue weighted by molar-refractivity contribution is 0.737. The predicted octanol–water partition coefficient (Wildman–Crippen LogP) is 6.79. The van der Waals surface area contributed by atoms with Gasteiger partial charge in [-0.2, -0.15) is 0 Å². The van der Waals surface area contributed by atoms with Crippen molar-refractivity contribution in [2.45, 2.75) is 90.0 Å². The Kier molecular flexibility index (Phi) is 549. The zero-order valence-electron chi connectivity index (χ0n) is 13.6. The van der Waals surface area contributed by atoms with Gasteiger partial charge in [-0.05, 0) is 5.92 Å². The van der Waals surface area contributed by atoms with Crippen LogP contribution in [0.1, 0.15) is 90.0 Å². The maximum absolute atomic E-state index is 2.17. The van der Waals surface area contributed by atoms with Gasteiger partial charge in [-0.15, -0.1) is 0 Å². The molecule has 0 rings (SSSR count). The molecule has 0 heterocycles. The highest BCUT2D eigenvalue weighted by molar-refractivity contribution is 4.20. The quantitative estimate of drug-likeness (QED) is 0.411. The van der Waals surface area contributed by atoms with Crippen LogP contribution in [0.5, 0.6) is 0 Å². The number of hydrogen-bond donors (Lipinski definition) is 0. The molecular formula is C14H40. The van der Waals surface area contributed by atoms with Crippen LogP contribution in [0.3, 0.4) is 0 Å². The second kappa shape index (κ2) is 208. The smallest absolute Gasteiger partial charge is 0.0500 e. The summed E-state index contributed by atoms with van der Waals surface area (Å²) in [5.74, 6) is 0.833. The van der Waals surface area contributed by atoms with Crippen molar-refractivity contribution < 1.29 is 0 Å². The molecule has 0 radical (unpaired) electrons. The predicted molar refractivity (Wildman–Crippen MR) is 77.3 cm³/mol. The van der Waals surface area contributed by atoms with Crippen LogP contribution in [0.2, 0.25) is 0 Å². The lowest BCUT2D eigenvalue weighted by atomic mass is 10.3. The Bertz CT molecular complexity index is 4.75. The Morgan fingerprint density at radius 3 is 0.357 bits per heavy atom. The van der Waals surface area contributed by atoms with Crippen LogP contribution in [0.25, 0.3) is 0 Å². The Morgan fingerprint density at radius 2 is 0.357 bits per heavy atom. The van der Waals surface area contributed by atoms with Crippen LogP contribution in [0, 0.1) is 5.92 Å². The van der Waals surface area contributed by atoms with Gasteiger partial charge < -0.3 is 0 Å². The largest absolute Gasteiger partial charge is 0.0683 e. The molecule has 0 aliphatic rings. The van der Waals surface area contributed by atoms with Gasteiger partial charge in [-0.25, -0.2) is 0 Å². The highest BCUT2D eigenvalue weighted by Gasteiger charge is 1.68. The minimum atomic E-state index is 0.833. The SMILES string of the molecule is CC.CC.CC.CC.CC.CC(C)C. The first-order valence-electron chi connectivity index (χ1n) is 6.73. The first kappa shape index (κ1) is 37.0. The van der Waals surface area contributed by atoms with Gasteiger partial charge in [0.15, 0.2) is 0 Å². The molecule has 0 atom stereocenters. The van der Waals surface area contributed by atoms with Crippen molar-refractivity contribution in [3.8, 4) is 0 Å². The fourth-order valence-electron chi connectivity index (χ4n) is 0. The number of rotatable bonds is 0. The molecule has 0 amide bonds. The van der Waals surface area contributed by atoms with E-state index >= 15 is 0 Å². The highest BCUT2D eigenvalue weighted by atomic mass is 13.7. The molecule has 0 aliphatic carbocycles. The standard InChI is InChI=1S/C4H10.5C2H6/c1-4(2)3;5*1-2/h4H,1-3H3;5*1-2H3. The molecule has 0 aromatic rings. The first-order valence-corrected chi connectivity index (χ1v) is 6.73. The van der Waals surface area contributed by atoms with Crippen LogP contribution in [-0.2, 0) is 0 Å². The van der Waals surface area contributed by atoms with E-state index in [-0.39, 0.29) is 0 Å². The third-order valence-corrected chi connectivity index (χ3v) is 0. The highest BCUT2D eigenvalue weighted by Crippen LogP contribution is 1.81. The summed E-state index contributed by atoms with van der Waals surface area (Å²) in [6.45, 7) is 26.5. The molecule has 0 heteroatoms. The summed E-state index contributed by atoms with van der Waals surface area (Å²) in [6.07, 6.45) is 0. The molecule has 0 nitrogen and oxygen atoms in total. The minimum Gasteiger partial charge on any atom is -0.0683 e. The van der Waals surface area contributed by atoms with Crippen molar-refractivity contribution in [1.29, 1.82) is 0 Å². The summed E-state index contributed by atoms with van der Waals surface area (Å²) in [6, 6.07) is 0. The van der Waals surface area contributed by atoms with E-state index in [4.69, 9.17) is 0 Å². The van der Waals surface area contributed by atoms with Gasteiger partial charge >= 0.3 is 0 Å². The fraction of sp³-hybridized carbons (Fsp3) is 1.00. The zero-order valence-corrected chi connectivity index (χ0v) is 13.6. The average Bonchev–Trinajstić information content (AvgIpc) is 2.30. The van der Waals surface area contributed by atoms with E-state index in [2.05, 4.69) is 20.8 Å². The lowest BCUT2D eigenvalue weighted by Crippen LogP contribution is -1.66. The molecular weight excluding hydrogens is 168 g/mol. The molecule has 0 unspecified atom stereocenters. The van der Waals surface area contributed by atoms with E-state index in [1.54, 1.807) is 0 Å². The van der Waals surface area contributed by atoms with E-state index in [9.17, 15) is 0 Å². The van der Waals surface area contributed by atoms with Gasteiger partial charge in [0, 0.05) is 0 Å². The molecule has 0 aromatic heterocycles. The maximum Gasteiger partial charge on any atom is -0.0500 e. The monoisotopic (exact) mass is 208 g/mol. The van der Waals surface area contributed by atoms with Gasteiger partial charge in [0.25, 0.3) is 0 Å². The summed E-state index contributed by atoms with van der Waals surface area (Å²) >= 11 is 0. The molecule has 0 saturated carbocycles. The average molecular weight is 208 g/mol. The molecule has 0 bridgehead atoms. The second-order valence-electron chi connectivity index (χ2n) is 1.73. The van der Waals surface area contributed by atoms with Gasteiger partial charge in [-0.1, -0.05) is 90.0 Å². The third kappa shape index (κ3) is 0. The third-order valence-electron chi connectivity index (χ3n) is 0. The first-order chi connectivity index (χ1) is 6.73. The summed E-state index contributed by atoms with van der Waals surface area (Å²) in [5.41, 5.74) is 0. The van der Waals surface area contributed by atoms with Crippen LogP contribution >= 0.6 is 0 Å². The van der Waals surface area contributed by atoms with E-state index in [1.165, 1.54) is 0 Å². The van der Waals surface area contributed by atoms with Crippen molar-refractivity contribution >= 4 is 0 Å². The van der Waals surface area contributed by atoms with Gasteiger partial charge in [0.2, 0.25) is 0 Å². The van der Waals surface area contributed by atoms with Crippen molar-refractivity contribution in [3.05, 3.63) is 0 Å². The fourth-order valence-corrected chi connectivity index (χ4v) is 0. The molecule has 0 aliphatic heterocycles. The van der Waals surface area contributed by atoms with Crippen molar-refractivity contribution in [3.63, 3.8) is 0 Å². The summed E-state index contributed by atoms with van der Waals surface area (Å²) in [7, 11) is 0. The molecule has 96 valence electrons. The molecule has 0 spiro atoms. The molecule has 0 aromatic carbocycles. The zero-order chi connectivity index (χ0) is 13.6. The maximum atomic E-state index is 2.17. The van der Waals surface area contributed by atoms with Gasteiger partial charge in [-0.3, -0.25) is 0 Å². The summed E-state index contributed by atoms with van der Waals surface area (Å²) < 4.78 is 0. The Balaban J connectivity index is -0.0000000143. The molecule has 0 saturated heterocycles. The Hall–Kier alpha value is 0. The van der Waals surface area contributed by atoms with E-state index in [0.29, 0.717) is 0 Å². The van der Waals surface area contributed by atoms with Crippen LogP contribution < -0.4 is 0 Å². The van der Waals surface area contributed by atoms with Crippen LogP contribution in [0.4, 0.5) is 0 Å². The Morgan fingerprint density at radius 1 is 0.357 bits per heavy atom. The topological polar surface area (TPSA) is 0 Å². The molecule has 0 N–H and O–H groups in total. The number of hydrogen-bond acceptors (Lipinski definition) is 0. The summed E-state index contributed by atoms with van der Waals surface area (Å²) in [4.78, 5) is 0. The summed E-state index contributed by atoms with van der Waals surface area (Å²) in [5, 5.41) is 0. The van der Waals surface area contributed by atoms with Gasteiger partial charge in [0.05, 0.1) is 0 Å². The van der Waals surface area contributed by atoms with Crippen LogP contribution in [-0.4, -0.2) is 0 Å². The van der Waals surface area contributed by atoms with E-state index < -0.39 is 0 Å².